The van der Waals surface area contributed by atoms with Crippen molar-refractivity contribution in [3.8, 4) is 11.6 Å². The van der Waals surface area contributed by atoms with Crippen molar-refractivity contribution in [3.63, 3.8) is 0 Å². The van der Waals surface area contributed by atoms with Crippen molar-refractivity contribution >= 4 is 12.0 Å². The van der Waals surface area contributed by atoms with Gasteiger partial charge in [-0.05, 0) is 42.7 Å². The molecule has 1 aromatic heterocycles. The fourth-order valence-electron chi connectivity index (χ4n) is 2.12. The van der Waals surface area contributed by atoms with Crippen LogP contribution >= 0.6 is 0 Å². The highest BCUT2D eigenvalue weighted by Crippen LogP contribution is 2.31. The average Bonchev–Trinajstić information content (AvgIpc) is 2.57. The monoisotopic (exact) mass is 333 g/mol. The lowest BCUT2D eigenvalue weighted by Gasteiger charge is -2.13. The van der Waals surface area contributed by atoms with Crippen molar-refractivity contribution in [2.75, 3.05) is 6.61 Å². The first kappa shape index (κ1) is 17.6. The number of esters is 1. The van der Waals surface area contributed by atoms with Crippen LogP contribution < -0.4 is 4.74 Å². The molecule has 0 saturated heterocycles. The van der Waals surface area contributed by atoms with Crippen molar-refractivity contribution in [1.29, 1.82) is 0 Å². The van der Waals surface area contributed by atoms with Crippen molar-refractivity contribution in [1.82, 2.24) is 4.98 Å². The summed E-state index contributed by atoms with van der Waals surface area (Å²) >= 11 is 0. The molecule has 0 fully saturated rings. The fourth-order valence-corrected chi connectivity index (χ4v) is 2.12. The smallest absolute Gasteiger partial charge is 0.344 e. The largest absolute Gasteiger partial charge is 0.462 e. The molecule has 0 bridgehead atoms. The number of nitrogens with zero attached hydrogens (tertiary/aromatic N) is 1. The minimum absolute atomic E-state index is 0.0345. The van der Waals surface area contributed by atoms with Gasteiger partial charge in [0, 0.05) is 6.20 Å². The molecule has 2 rings (SSSR count). The zero-order chi connectivity index (χ0) is 17.7. The Bertz CT molecular complexity index is 752. The summed E-state index contributed by atoms with van der Waals surface area (Å²) in [5.41, 5.74) is 0.855. The molecule has 0 amide bonds. The zero-order valence-corrected chi connectivity index (χ0v) is 13.4. The maximum Gasteiger partial charge on any atom is 0.344 e. The molecule has 0 aliphatic rings. The van der Waals surface area contributed by atoms with Crippen LogP contribution in [-0.2, 0) is 11.2 Å². The molecular formula is C18H17F2NO3. The van der Waals surface area contributed by atoms with Gasteiger partial charge in [0.2, 0.25) is 11.6 Å². The third-order valence-electron chi connectivity index (χ3n) is 3.31. The highest BCUT2D eigenvalue weighted by Gasteiger charge is 2.22. The van der Waals surface area contributed by atoms with E-state index in [9.17, 15) is 13.6 Å². The Kier molecular flexibility index (Phi) is 5.63. The molecule has 1 heterocycles. The number of ether oxygens (including phenoxy) is 2. The van der Waals surface area contributed by atoms with Crippen molar-refractivity contribution in [2.24, 2.45) is 0 Å². The first-order valence-electron chi connectivity index (χ1n) is 7.46. The van der Waals surface area contributed by atoms with Gasteiger partial charge in [-0.1, -0.05) is 19.6 Å². The van der Waals surface area contributed by atoms with E-state index in [0.717, 1.165) is 0 Å². The molecule has 0 aliphatic heterocycles. The topological polar surface area (TPSA) is 48.4 Å². The summed E-state index contributed by atoms with van der Waals surface area (Å²) in [4.78, 5) is 16.0. The normalized spacial score (nSPS) is 10.3. The summed E-state index contributed by atoms with van der Waals surface area (Å²) in [6, 6.07) is 3.89. The van der Waals surface area contributed by atoms with Gasteiger partial charge in [0.05, 0.1) is 6.61 Å². The Morgan fingerprint density at radius 2 is 1.96 bits per heavy atom. The number of carbonyl (C=O) groups excluding carboxylic acids is 1. The van der Waals surface area contributed by atoms with Crippen LogP contribution in [0, 0.1) is 11.6 Å². The van der Waals surface area contributed by atoms with Crippen LogP contribution in [0.5, 0.6) is 11.6 Å². The van der Waals surface area contributed by atoms with Gasteiger partial charge in [0.1, 0.15) is 5.56 Å². The lowest BCUT2D eigenvalue weighted by molar-refractivity contribution is 0.0522. The van der Waals surface area contributed by atoms with E-state index >= 15 is 0 Å². The number of aromatic nitrogens is 1. The van der Waals surface area contributed by atoms with Crippen LogP contribution in [0.4, 0.5) is 8.78 Å². The Labute approximate surface area is 138 Å². The minimum atomic E-state index is -0.868. The molecular weight excluding hydrogens is 316 g/mol. The molecule has 0 atom stereocenters. The summed E-state index contributed by atoms with van der Waals surface area (Å²) < 4.78 is 38.5. The molecule has 0 spiro atoms. The van der Waals surface area contributed by atoms with Crippen LogP contribution in [0.3, 0.4) is 0 Å². The second-order valence-corrected chi connectivity index (χ2v) is 4.85. The molecule has 126 valence electrons. The maximum atomic E-state index is 14.1. The maximum absolute atomic E-state index is 14.1. The lowest BCUT2D eigenvalue weighted by atomic mass is 10.1. The third-order valence-corrected chi connectivity index (χ3v) is 3.31. The van der Waals surface area contributed by atoms with Gasteiger partial charge in [0.25, 0.3) is 0 Å². The molecule has 24 heavy (non-hydrogen) atoms. The molecule has 0 N–H and O–H groups in total. The number of benzene rings is 1. The zero-order valence-electron chi connectivity index (χ0n) is 13.4. The van der Waals surface area contributed by atoms with Crippen LogP contribution in [-0.4, -0.2) is 17.6 Å². The fraction of sp³-hybridized carbons (Fsp3) is 0.222. The Balaban J connectivity index is 2.51. The molecule has 0 aliphatic carbocycles. The Morgan fingerprint density at radius 3 is 2.50 bits per heavy atom. The summed E-state index contributed by atoms with van der Waals surface area (Å²) in [5.74, 6) is -3.30. The van der Waals surface area contributed by atoms with Crippen molar-refractivity contribution in [2.45, 2.75) is 20.3 Å². The van der Waals surface area contributed by atoms with Gasteiger partial charge in [-0.3, -0.25) is 0 Å². The molecule has 0 saturated carbocycles. The van der Waals surface area contributed by atoms with E-state index in [1.165, 1.54) is 30.5 Å². The highest BCUT2D eigenvalue weighted by atomic mass is 19.1. The van der Waals surface area contributed by atoms with Gasteiger partial charge >= 0.3 is 5.97 Å². The van der Waals surface area contributed by atoms with Gasteiger partial charge in [-0.15, -0.1) is 0 Å². The Hall–Kier alpha value is -2.76. The predicted molar refractivity (Wildman–Crippen MR) is 86.1 cm³/mol. The first-order valence-corrected chi connectivity index (χ1v) is 7.46. The highest BCUT2D eigenvalue weighted by molar-refractivity contribution is 5.96. The molecule has 1 aromatic carbocycles. The SMILES string of the molecule is C=Cc1ccnc(Oc2c(F)cc(CC)cc2F)c1C(=O)OCC. The summed E-state index contributed by atoms with van der Waals surface area (Å²) in [6.07, 6.45) is 3.24. The minimum Gasteiger partial charge on any atom is -0.462 e. The van der Waals surface area contributed by atoms with E-state index in [2.05, 4.69) is 11.6 Å². The van der Waals surface area contributed by atoms with Crippen LogP contribution in [0.25, 0.3) is 6.08 Å². The molecule has 2 aromatic rings. The van der Waals surface area contributed by atoms with Crippen LogP contribution in [0.2, 0.25) is 0 Å². The predicted octanol–water partition coefficient (Wildman–Crippen LogP) is 4.53. The third kappa shape index (κ3) is 3.59. The molecule has 0 unspecified atom stereocenters. The second kappa shape index (κ2) is 7.68. The summed E-state index contributed by atoms with van der Waals surface area (Å²) in [5, 5.41) is 0. The van der Waals surface area contributed by atoms with Gasteiger partial charge in [-0.25, -0.2) is 18.6 Å². The van der Waals surface area contributed by atoms with E-state index in [4.69, 9.17) is 9.47 Å². The van der Waals surface area contributed by atoms with Crippen LogP contribution in [0.15, 0.2) is 31.0 Å². The molecule has 6 heteroatoms. The average molecular weight is 333 g/mol. The summed E-state index contributed by atoms with van der Waals surface area (Å²) in [7, 11) is 0. The van der Waals surface area contributed by atoms with E-state index < -0.39 is 23.4 Å². The second-order valence-electron chi connectivity index (χ2n) is 4.85. The number of hydrogen-bond donors (Lipinski definition) is 0. The standard InChI is InChI=1S/C18H17F2NO3/c1-4-11-9-13(19)16(14(20)10-11)24-17-15(18(22)23-6-3)12(5-2)7-8-21-17/h5,7-10H,2,4,6H2,1,3H3. The Morgan fingerprint density at radius 1 is 1.29 bits per heavy atom. The lowest BCUT2D eigenvalue weighted by Crippen LogP contribution is -2.10. The number of halogens is 2. The summed E-state index contributed by atoms with van der Waals surface area (Å²) in [6.45, 7) is 7.16. The van der Waals surface area contributed by atoms with Crippen LogP contribution in [0.1, 0.15) is 35.3 Å². The van der Waals surface area contributed by atoms with Gasteiger partial charge < -0.3 is 9.47 Å². The number of rotatable bonds is 6. The van der Waals surface area contributed by atoms with E-state index in [1.54, 1.807) is 13.8 Å². The quantitative estimate of drug-likeness (QED) is 0.729. The van der Waals surface area contributed by atoms with E-state index in [-0.39, 0.29) is 18.1 Å². The van der Waals surface area contributed by atoms with Crippen molar-refractivity contribution < 1.29 is 23.0 Å². The van der Waals surface area contributed by atoms with Crippen molar-refractivity contribution in [3.05, 3.63) is 59.3 Å². The van der Waals surface area contributed by atoms with E-state index in [0.29, 0.717) is 17.5 Å². The number of carbonyl (C=O) groups is 1. The number of hydrogen-bond acceptors (Lipinski definition) is 4. The number of aryl methyl sites for hydroxylation is 1. The first-order chi connectivity index (χ1) is 11.5. The van der Waals surface area contributed by atoms with Gasteiger partial charge in [-0.2, -0.15) is 0 Å². The molecule has 0 radical (unpaired) electrons. The van der Waals surface area contributed by atoms with E-state index in [1.807, 2.05) is 0 Å². The molecule has 4 nitrogen and oxygen atoms in total. The van der Waals surface area contributed by atoms with Gasteiger partial charge in [0.15, 0.2) is 11.6 Å². The number of pyridine rings is 1.